The minimum absolute atomic E-state index is 0. The van der Waals surface area contributed by atoms with E-state index in [1.165, 1.54) is 12.0 Å². The number of carbonyl (C=O) groups is 1. The highest BCUT2D eigenvalue weighted by atomic mass is 35.5. The topological polar surface area (TPSA) is 58.4 Å². The SMILES string of the molecule is CCc1cccc(NC(=O)CN2CCCCC2CN)c1.Cl. The third-order valence-electron chi connectivity index (χ3n) is 3.99. The second-order valence-corrected chi connectivity index (χ2v) is 5.46. The van der Waals surface area contributed by atoms with E-state index in [0.717, 1.165) is 31.5 Å². The number of amides is 1. The lowest BCUT2D eigenvalue weighted by atomic mass is 10.0. The molecule has 1 amide bonds. The molecule has 0 bridgehead atoms. The summed E-state index contributed by atoms with van der Waals surface area (Å²) >= 11 is 0. The maximum Gasteiger partial charge on any atom is 0.238 e. The van der Waals surface area contributed by atoms with Gasteiger partial charge in [0.25, 0.3) is 0 Å². The standard InChI is InChI=1S/C16H25N3O.ClH/c1-2-13-6-5-7-14(10-13)18-16(20)12-19-9-4-3-8-15(19)11-17;/h5-7,10,15H,2-4,8-9,11-12,17H2,1H3,(H,18,20);1H. The zero-order valence-electron chi connectivity index (χ0n) is 12.7. The van der Waals surface area contributed by atoms with Crippen LogP contribution in [0, 0.1) is 0 Å². The molecule has 2 rings (SSSR count). The van der Waals surface area contributed by atoms with E-state index in [1.54, 1.807) is 0 Å². The van der Waals surface area contributed by atoms with Gasteiger partial charge in [-0.2, -0.15) is 0 Å². The lowest BCUT2D eigenvalue weighted by Gasteiger charge is -2.34. The molecule has 1 saturated heterocycles. The molecule has 1 atom stereocenters. The number of rotatable bonds is 5. The summed E-state index contributed by atoms with van der Waals surface area (Å²) in [6.07, 6.45) is 4.47. The Balaban J connectivity index is 0.00000220. The van der Waals surface area contributed by atoms with Crippen LogP contribution in [0.25, 0.3) is 0 Å². The maximum absolute atomic E-state index is 12.1. The molecule has 1 unspecified atom stereocenters. The van der Waals surface area contributed by atoms with Gasteiger partial charge in [0, 0.05) is 18.3 Å². The Morgan fingerprint density at radius 1 is 1.43 bits per heavy atom. The Morgan fingerprint density at radius 3 is 2.95 bits per heavy atom. The van der Waals surface area contributed by atoms with Crippen molar-refractivity contribution < 1.29 is 4.79 Å². The van der Waals surface area contributed by atoms with Gasteiger partial charge in [-0.15, -0.1) is 12.4 Å². The average molecular weight is 312 g/mol. The van der Waals surface area contributed by atoms with E-state index in [0.29, 0.717) is 19.1 Å². The molecule has 1 aromatic carbocycles. The number of piperidine rings is 1. The van der Waals surface area contributed by atoms with E-state index in [4.69, 9.17) is 5.73 Å². The first-order chi connectivity index (χ1) is 9.72. The summed E-state index contributed by atoms with van der Waals surface area (Å²) in [6, 6.07) is 8.39. The highest BCUT2D eigenvalue weighted by molar-refractivity contribution is 5.92. The molecule has 0 saturated carbocycles. The molecule has 3 N–H and O–H groups in total. The summed E-state index contributed by atoms with van der Waals surface area (Å²) in [5.74, 6) is 0.0543. The largest absolute Gasteiger partial charge is 0.329 e. The summed E-state index contributed by atoms with van der Waals surface area (Å²) in [5, 5.41) is 2.99. The van der Waals surface area contributed by atoms with Crippen LogP contribution < -0.4 is 11.1 Å². The molecule has 1 aliphatic heterocycles. The molecular weight excluding hydrogens is 286 g/mol. The first kappa shape index (κ1) is 18.0. The van der Waals surface area contributed by atoms with E-state index in [2.05, 4.69) is 23.2 Å². The van der Waals surface area contributed by atoms with Crippen LogP contribution in [-0.2, 0) is 11.2 Å². The third-order valence-corrected chi connectivity index (χ3v) is 3.99. The van der Waals surface area contributed by atoms with Crippen molar-refractivity contribution in [1.29, 1.82) is 0 Å². The molecule has 1 fully saturated rings. The zero-order valence-corrected chi connectivity index (χ0v) is 13.5. The summed E-state index contributed by atoms with van der Waals surface area (Å²) in [7, 11) is 0. The Labute approximate surface area is 133 Å². The lowest BCUT2D eigenvalue weighted by molar-refractivity contribution is -0.118. The van der Waals surface area contributed by atoms with Crippen LogP contribution in [0.4, 0.5) is 5.69 Å². The van der Waals surface area contributed by atoms with Crippen molar-refractivity contribution in [3.8, 4) is 0 Å². The molecule has 4 nitrogen and oxygen atoms in total. The first-order valence-electron chi connectivity index (χ1n) is 7.56. The minimum Gasteiger partial charge on any atom is -0.329 e. The minimum atomic E-state index is 0. The van der Waals surface area contributed by atoms with Crippen LogP contribution in [0.15, 0.2) is 24.3 Å². The van der Waals surface area contributed by atoms with Gasteiger partial charge < -0.3 is 11.1 Å². The average Bonchev–Trinajstić information content (AvgIpc) is 2.48. The predicted octanol–water partition coefficient (Wildman–Crippen LogP) is 2.42. The van der Waals surface area contributed by atoms with Gasteiger partial charge in [-0.3, -0.25) is 9.69 Å². The van der Waals surface area contributed by atoms with Gasteiger partial charge in [0.2, 0.25) is 5.91 Å². The van der Waals surface area contributed by atoms with Crippen LogP contribution in [-0.4, -0.2) is 36.5 Å². The van der Waals surface area contributed by atoms with E-state index in [-0.39, 0.29) is 18.3 Å². The molecule has 1 aromatic rings. The fraction of sp³-hybridized carbons (Fsp3) is 0.562. The third kappa shape index (κ3) is 5.30. The summed E-state index contributed by atoms with van der Waals surface area (Å²) in [4.78, 5) is 14.4. The molecule has 0 aromatic heterocycles. The van der Waals surface area contributed by atoms with Crippen LogP contribution in [0.1, 0.15) is 31.7 Å². The zero-order chi connectivity index (χ0) is 14.4. The normalized spacial score (nSPS) is 18.9. The van der Waals surface area contributed by atoms with Crippen LogP contribution >= 0.6 is 12.4 Å². The first-order valence-corrected chi connectivity index (χ1v) is 7.56. The second-order valence-electron chi connectivity index (χ2n) is 5.46. The number of aryl methyl sites for hydroxylation is 1. The Hall–Kier alpha value is -1.10. The quantitative estimate of drug-likeness (QED) is 0.878. The number of nitrogens with zero attached hydrogens (tertiary/aromatic N) is 1. The molecule has 0 aliphatic carbocycles. The summed E-state index contributed by atoms with van der Waals surface area (Å²) < 4.78 is 0. The van der Waals surface area contributed by atoms with Crippen molar-refractivity contribution in [3.05, 3.63) is 29.8 Å². The van der Waals surface area contributed by atoms with E-state index in [1.807, 2.05) is 18.2 Å². The number of likely N-dealkylation sites (tertiary alicyclic amines) is 1. The predicted molar refractivity (Wildman–Crippen MR) is 90.0 cm³/mol. The van der Waals surface area contributed by atoms with Crippen molar-refractivity contribution >= 4 is 24.0 Å². The molecule has 0 radical (unpaired) electrons. The molecular formula is C16H26ClN3O. The fourth-order valence-corrected chi connectivity index (χ4v) is 2.79. The maximum atomic E-state index is 12.1. The number of hydrogen-bond donors (Lipinski definition) is 2. The number of benzene rings is 1. The molecule has 1 heterocycles. The van der Waals surface area contributed by atoms with Crippen LogP contribution in [0.3, 0.4) is 0 Å². The molecule has 21 heavy (non-hydrogen) atoms. The van der Waals surface area contributed by atoms with Gasteiger partial charge in [-0.25, -0.2) is 0 Å². The smallest absolute Gasteiger partial charge is 0.238 e. The summed E-state index contributed by atoms with van der Waals surface area (Å²) in [5.41, 5.74) is 7.91. The number of carbonyl (C=O) groups excluding carboxylic acids is 1. The van der Waals surface area contributed by atoms with Crippen LogP contribution in [0.5, 0.6) is 0 Å². The molecule has 5 heteroatoms. The lowest BCUT2D eigenvalue weighted by Crippen LogP contribution is -2.47. The van der Waals surface area contributed by atoms with Gasteiger partial charge in [-0.05, 0) is 43.5 Å². The number of nitrogens with two attached hydrogens (primary N) is 1. The van der Waals surface area contributed by atoms with Gasteiger partial charge >= 0.3 is 0 Å². The van der Waals surface area contributed by atoms with Crippen molar-refractivity contribution in [2.24, 2.45) is 5.73 Å². The number of nitrogens with one attached hydrogen (secondary N) is 1. The second kappa shape index (κ2) is 9.03. The van der Waals surface area contributed by atoms with Crippen molar-refractivity contribution in [3.63, 3.8) is 0 Å². The molecule has 1 aliphatic rings. The van der Waals surface area contributed by atoms with Crippen LogP contribution in [0.2, 0.25) is 0 Å². The highest BCUT2D eigenvalue weighted by Crippen LogP contribution is 2.16. The van der Waals surface area contributed by atoms with Gasteiger partial charge in [0.15, 0.2) is 0 Å². The van der Waals surface area contributed by atoms with Crippen molar-refractivity contribution in [2.75, 3.05) is 25.0 Å². The molecule has 118 valence electrons. The van der Waals surface area contributed by atoms with Gasteiger partial charge in [-0.1, -0.05) is 25.5 Å². The summed E-state index contributed by atoms with van der Waals surface area (Å²) in [6.45, 7) is 4.17. The van der Waals surface area contributed by atoms with Gasteiger partial charge in [0.1, 0.15) is 0 Å². The number of halogens is 1. The van der Waals surface area contributed by atoms with Gasteiger partial charge in [0.05, 0.1) is 6.54 Å². The Bertz CT molecular complexity index is 453. The van der Waals surface area contributed by atoms with Crippen molar-refractivity contribution in [1.82, 2.24) is 4.90 Å². The van der Waals surface area contributed by atoms with E-state index in [9.17, 15) is 4.79 Å². The number of hydrogen-bond acceptors (Lipinski definition) is 3. The Kier molecular flexibility index (Phi) is 7.72. The van der Waals surface area contributed by atoms with E-state index >= 15 is 0 Å². The number of anilines is 1. The molecule has 0 spiro atoms. The fourth-order valence-electron chi connectivity index (χ4n) is 2.79. The highest BCUT2D eigenvalue weighted by Gasteiger charge is 2.22. The van der Waals surface area contributed by atoms with E-state index < -0.39 is 0 Å². The Morgan fingerprint density at radius 2 is 2.24 bits per heavy atom. The van der Waals surface area contributed by atoms with Crippen molar-refractivity contribution in [2.45, 2.75) is 38.6 Å². The monoisotopic (exact) mass is 311 g/mol.